The maximum atomic E-state index is 12.1. The molecule has 30 heavy (non-hydrogen) atoms. The number of rotatable bonds is 8. The summed E-state index contributed by atoms with van der Waals surface area (Å²) in [5, 5.41) is 12.1. The molecule has 0 bridgehead atoms. The van der Waals surface area contributed by atoms with Crippen molar-refractivity contribution in [2.24, 2.45) is 5.92 Å². The number of methoxy groups -OCH3 is 1. The maximum Gasteiger partial charge on any atom is 0.118 e. The van der Waals surface area contributed by atoms with Crippen LogP contribution in [0.25, 0.3) is 6.08 Å². The lowest BCUT2D eigenvalue weighted by Gasteiger charge is -2.39. The van der Waals surface area contributed by atoms with Crippen molar-refractivity contribution in [2.45, 2.75) is 50.5 Å². The molecule has 3 heteroatoms. The van der Waals surface area contributed by atoms with E-state index in [1.165, 1.54) is 17.6 Å². The van der Waals surface area contributed by atoms with E-state index >= 15 is 0 Å². The molecule has 1 saturated carbocycles. The molecule has 2 aromatic rings. The number of hydrogen-bond donors (Lipinski definition) is 1. The van der Waals surface area contributed by atoms with Crippen LogP contribution >= 0.6 is 0 Å². The van der Waals surface area contributed by atoms with Crippen molar-refractivity contribution in [2.75, 3.05) is 27.7 Å². The van der Waals surface area contributed by atoms with Crippen LogP contribution in [0, 0.1) is 5.92 Å². The van der Waals surface area contributed by atoms with Crippen LogP contribution in [0.2, 0.25) is 0 Å². The average molecular weight is 408 g/mol. The second kappa shape index (κ2) is 10.8. The number of aliphatic hydroxyl groups is 1. The van der Waals surface area contributed by atoms with E-state index in [1.807, 2.05) is 12.1 Å². The van der Waals surface area contributed by atoms with Gasteiger partial charge in [-0.1, -0.05) is 55.0 Å². The van der Waals surface area contributed by atoms with Crippen molar-refractivity contribution in [3.8, 4) is 5.75 Å². The number of benzene rings is 2. The lowest BCUT2D eigenvalue weighted by molar-refractivity contribution is -0.00391. The van der Waals surface area contributed by atoms with Gasteiger partial charge in [0, 0.05) is 12.5 Å². The van der Waals surface area contributed by atoms with Gasteiger partial charge in [-0.05, 0) is 81.5 Å². The van der Waals surface area contributed by atoms with Gasteiger partial charge in [0.1, 0.15) is 5.75 Å². The van der Waals surface area contributed by atoms with E-state index in [-0.39, 0.29) is 5.92 Å². The third-order valence-electron chi connectivity index (χ3n) is 6.39. The Bertz CT molecular complexity index is 797. The summed E-state index contributed by atoms with van der Waals surface area (Å²) >= 11 is 0. The molecule has 1 fully saturated rings. The van der Waals surface area contributed by atoms with E-state index in [2.05, 4.69) is 67.5 Å². The summed E-state index contributed by atoms with van der Waals surface area (Å²) in [5.41, 5.74) is 2.93. The van der Waals surface area contributed by atoms with Crippen molar-refractivity contribution in [1.29, 1.82) is 0 Å². The Morgan fingerprint density at radius 1 is 1.07 bits per heavy atom. The van der Waals surface area contributed by atoms with Crippen molar-refractivity contribution in [3.63, 3.8) is 0 Å². The van der Waals surface area contributed by atoms with E-state index in [0.717, 1.165) is 56.4 Å². The van der Waals surface area contributed by atoms with Gasteiger partial charge in [-0.15, -0.1) is 0 Å². The van der Waals surface area contributed by atoms with Crippen molar-refractivity contribution >= 4 is 6.08 Å². The first-order valence-corrected chi connectivity index (χ1v) is 11.3. The standard InChI is InChI=1S/C27H37NO2/c1-28(2)21-25-14-8-7-13-24(20-23-15-17-26(30-3)18-16-23)27(25,29)19-9-12-22-10-5-4-6-11-22/h4-6,10-11,15-18,20,25,29H,7-9,12-14,19,21H2,1-3H3. The van der Waals surface area contributed by atoms with E-state index < -0.39 is 5.60 Å². The summed E-state index contributed by atoms with van der Waals surface area (Å²) in [6.45, 7) is 0.918. The number of hydrogen-bond acceptors (Lipinski definition) is 3. The molecule has 2 aromatic carbocycles. The van der Waals surface area contributed by atoms with E-state index in [1.54, 1.807) is 7.11 Å². The highest BCUT2D eigenvalue weighted by Gasteiger charge is 2.40. The van der Waals surface area contributed by atoms with Crippen molar-refractivity contribution in [1.82, 2.24) is 4.90 Å². The van der Waals surface area contributed by atoms with Crippen LogP contribution in [-0.2, 0) is 6.42 Å². The van der Waals surface area contributed by atoms with Gasteiger partial charge in [0.25, 0.3) is 0 Å². The summed E-state index contributed by atoms with van der Waals surface area (Å²) in [6, 6.07) is 18.8. The third-order valence-corrected chi connectivity index (χ3v) is 6.39. The van der Waals surface area contributed by atoms with Crippen LogP contribution in [0.3, 0.4) is 0 Å². The van der Waals surface area contributed by atoms with Gasteiger partial charge in [-0.2, -0.15) is 0 Å². The molecule has 0 saturated heterocycles. The predicted octanol–water partition coefficient (Wildman–Crippen LogP) is 5.58. The Morgan fingerprint density at radius 3 is 2.47 bits per heavy atom. The molecule has 0 amide bonds. The SMILES string of the molecule is COc1ccc(C=C2CCCCC(CN(C)C)C2(O)CCCc2ccccc2)cc1. The molecule has 3 rings (SSSR count). The highest BCUT2D eigenvalue weighted by molar-refractivity contribution is 5.56. The Kier molecular flexibility index (Phi) is 8.12. The number of aryl methyl sites for hydroxylation is 1. The maximum absolute atomic E-state index is 12.1. The first kappa shape index (κ1) is 22.6. The topological polar surface area (TPSA) is 32.7 Å². The van der Waals surface area contributed by atoms with Crippen LogP contribution in [0.5, 0.6) is 5.75 Å². The van der Waals surface area contributed by atoms with Gasteiger partial charge >= 0.3 is 0 Å². The Balaban J connectivity index is 1.86. The molecular formula is C27H37NO2. The molecule has 2 unspecified atom stereocenters. The smallest absolute Gasteiger partial charge is 0.118 e. The predicted molar refractivity (Wildman–Crippen MR) is 126 cm³/mol. The Morgan fingerprint density at radius 2 is 1.80 bits per heavy atom. The Hall–Kier alpha value is -2.10. The van der Waals surface area contributed by atoms with Crippen molar-refractivity contribution in [3.05, 3.63) is 71.3 Å². The minimum atomic E-state index is -0.754. The largest absolute Gasteiger partial charge is 0.497 e. The van der Waals surface area contributed by atoms with Gasteiger partial charge in [0.2, 0.25) is 0 Å². The quantitative estimate of drug-likeness (QED) is 0.580. The lowest BCUT2D eigenvalue weighted by Crippen LogP contribution is -2.44. The summed E-state index contributed by atoms with van der Waals surface area (Å²) < 4.78 is 5.30. The molecule has 1 N–H and O–H groups in total. The Labute approximate surface area is 182 Å². The van der Waals surface area contributed by atoms with Gasteiger partial charge in [-0.25, -0.2) is 0 Å². The van der Waals surface area contributed by atoms with E-state index in [9.17, 15) is 5.11 Å². The summed E-state index contributed by atoms with van der Waals surface area (Å²) in [7, 11) is 5.92. The van der Waals surface area contributed by atoms with Crippen molar-refractivity contribution < 1.29 is 9.84 Å². The summed E-state index contributed by atoms with van der Waals surface area (Å²) in [5.74, 6) is 1.12. The minimum absolute atomic E-state index is 0.260. The molecule has 0 aromatic heterocycles. The highest BCUT2D eigenvalue weighted by atomic mass is 16.5. The van der Waals surface area contributed by atoms with Crippen LogP contribution in [0.1, 0.15) is 49.7 Å². The number of ether oxygens (including phenoxy) is 1. The normalized spacial score (nSPS) is 23.5. The highest BCUT2D eigenvalue weighted by Crippen LogP contribution is 2.41. The molecular weight excluding hydrogens is 370 g/mol. The monoisotopic (exact) mass is 407 g/mol. The fourth-order valence-corrected chi connectivity index (χ4v) is 4.78. The third kappa shape index (κ3) is 5.96. The molecule has 3 nitrogen and oxygen atoms in total. The first-order valence-electron chi connectivity index (χ1n) is 11.3. The minimum Gasteiger partial charge on any atom is -0.497 e. The zero-order valence-electron chi connectivity index (χ0n) is 18.8. The van der Waals surface area contributed by atoms with Crippen LogP contribution < -0.4 is 4.74 Å². The van der Waals surface area contributed by atoms with E-state index in [0.29, 0.717) is 0 Å². The van der Waals surface area contributed by atoms with Gasteiger partial charge in [-0.3, -0.25) is 0 Å². The van der Waals surface area contributed by atoms with Crippen LogP contribution in [0.4, 0.5) is 0 Å². The second-order valence-corrected chi connectivity index (χ2v) is 8.91. The molecule has 0 radical (unpaired) electrons. The van der Waals surface area contributed by atoms with Gasteiger partial charge < -0.3 is 14.7 Å². The fraction of sp³-hybridized carbons (Fsp3) is 0.481. The molecule has 0 aliphatic heterocycles. The number of nitrogens with zero attached hydrogens (tertiary/aromatic N) is 1. The van der Waals surface area contributed by atoms with E-state index in [4.69, 9.17) is 4.74 Å². The molecule has 0 heterocycles. The molecule has 1 aliphatic rings. The lowest BCUT2D eigenvalue weighted by atomic mass is 9.75. The molecule has 2 atom stereocenters. The fourth-order valence-electron chi connectivity index (χ4n) is 4.78. The summed E-state index contributed by atoms with van der Waals surface area (Å²) in [6.07, 6.45) is 9.42. The zero-order valence-corrected chi connectivity index (χ0v) is 18.8. The first-order chi connectivity index (χ1) is 14.5. The second-order valence-electron chi connectivity index (χ2n) is 8.91. The van der Waals surface area contributed by atoms with Crippen LogP contribution in [0.15, 0.2) is 60.2 Å². The average Bonchev–Trinajstić information content (AvgIpc) is 2.89. The van der Waals surface area contributed by atoms with Gasteiger partial charge in [0.05, 0.1) is 12.7 Å². The molecule has 1 aliphatic carbocycles. The van der Waals surface area contributed by atoms with Gasteiger partial charge in [0.15, 0.2) is 0 Å². The summed E-state index contributed by atoms with van der Waals surface area (Å²) in [4.78, 5) is 2.23. The van der Waals surface area contributed by atoms with Crippen LogP contribution in [-0.4, -0.2) is 43.4 Å². The zero-order chi connectivity index (χ0) is 21.4. The molecule has 0 spiro atoms. The molecule has 162 valence electrons.